The van der Waals surface area contributed by atoms with Crippen LogP contribution in [0.2, 0.25) is 0 Å². The zero-order valence-corrected chi connectivity index (χ0v) is 19.5. The van der Waals surface area contributed by atoms with Crippen LogP contribution in [0.15, 0.2) is 30.5 Å². The molecule has 1 aromatic carbocycles. The molecule has 8 nitrogen and oxygen atoms in total. The average Bonchev–Trinajstić information content (AvgIpc) is 3.30. The summed E-state index contributed by atoms with van der Waals surface area (Å²) in [7, 11) is 0. The van der Waals surface area contributed by atoms with Gasteiger partial charge in [-0.2, -0.15) is 10.1 Å². The predicted molar refractivity (Wildman–Crippen MR) is 126 cm³/mol. The maximum absolute atomic E-state index is 9.96. The Morgan fingerprint density at radius 1 is 1.07 bits per heavy atom. The van der Waals surface area contributed by atoms with Crippen molar-refractivity contribution in [3.05, 3.63) is 30.5 Å². The maximum atomic E-state index is 9.96. The van der Waals surface area contributed by atoms with Gasteiger partial charge in [-0.25, -0.2) is 4.98 Å². The van der Waals surface area contributed by atoms with Crippen LogP contribution < -0.4 is 11.1 Å². The first kappa shape index (κ1) is 27.3. The van der Waals surface area contributed by atoms with E-state index >= 15 is 0 Å². The van der Waals surface area contributed by atoms with Crippen LogP contribution in [0.25, 0.3) is 22.2 Å². The zero-order chi connectivity index (χ0) is 23.3. The van der Waals surface area contributed by atoms with Gasteiger partial charge >= 0.3 is 0 Å². The molecule has 0 amide bonds. The van der Waals surface area contributed by atoms with Gasteiger partial charge in [-0.05, 0) is 32.0 Å². The minimum absolute atomic E-state index is 0.129. The number of nitrogens with zero attached hydrogens (tertiary/aromatic N) is 3. The average molecular weight is 419 g/mol. The van der Waals surface area contributed by atoms with Gasteiger partial charge in [0.25, 0.3) is 0 Å². The number of nitrogens with one attached hydrogen (secondary N) is 2. The Kier molecular flexibility index (Phi) is 12.3. The van der Waals surface area contributed by atoms with Crippen molar-refractivity contribution in [2.45, 2.75) is 67.1 Å². The Balaban J connectivity index is 0.00000129. The molecule has 0 fully saturated rings. The Morgan fingerprint density at radius 3 is 2.23 bits per heavy atom. The molecule has 1 atom stereocenters. The van der Waals surface area contributed by atoms with Crippen molar-refractivity contribution in [2.24, 2.45) is 0 Å². The number of H-pyrrole nitrogens is 1. The van der Waals surface area contributed by atoms with E-state index in [0.29, 0.717) is 11.3 Å². The fourth-order valence-electron chi connectivity index (χ4n) is 2.31. The quantitative estimate of drug-likeness (QED) is 0.419. The summed E-state index contributed by atoms with van der Waals surface area (Å²) in [6.45, 7) is 15.2. The van der Waals surface area contributed by atoms with Gasteiger partial charge in [0, 0.05) is 23.7 Å². The van der Waals surface area contributed by atoms with Gasteiger partial charge in [0.05, 0.1) is 22.9 Å². The smallest absolute Gasteiger partial charge is 0.222 e. The number of hydrogen-bond donors (Lipinski definition) is 5. The van der Waals surface area contributed by atoms with E-state index in [9.17, 15) is 10.2 Å². The first-order chi connectivity index (χ1) is 14.3. The topological polar surface area (TPSA) is 133 Å². The van der Waals surface area contributed by atoms with Crippen molar-refractivity contribution in [3.8, 4) is 11.3 Å². The summed E-state index contributed by atoms with van der Waals surface area (Å²) in [6, 6.07) is 7.56. The standard InChI is InChI=1S/C16H20N6O2.3C2H6/c1-16(2,24)13(23)8-18-14-10-4-3-9(11-5-6-19-22-11)7-12(10)20-15(17)21-14;3*1-2/h3-7,13,23-24H,8H2,1-2H3,(H,19,22)(H3,17,18,20,21);3*1-2H3. The van der Waals surface area contributed by atoms with Gasteiger partial charge in [0.15, 0.2) is 0 Å². The molecule has 0 aliphatic rings. The van der Waals surface area contributed by atoms with Crippen LogP contribution >= 0.6 is 0 Å². The lowest BCUT2D eigenvalue weighted by Gasteiger charge is -2.25. The van der Waals surface area contributed by atoms with Gasteiger partial charge in [0.2, 0.25) is 5.95 Å². The minimum Gasteiger partial charge on any atom is -0.388 e. The molecule has 1 unspecified atom stereocenters. The van der Waals surface area contributed by atoms with E-state index in [2.05, 4.69) is 25.5 Å². The SMILES string of the molecule is CC.CC.CC.CC(C)(O)C(O)CNc1nc(N)nc2cc(-c3ccn[nH]3)ccc12. The van der Waals surface area contributed by atoms with Crippen molar-refractivity contribution < 1.29 is 10.2 Å². The Labute approximate surface area is 180 Å². The fourth-order valence-corrected chi connectivity index (χ4v) is 2.31. The minimum atomic E-state index is -1.21. The van der Waals surface area contributed by atoms with Crippen LogP contribution in [-0.2, 0) is 0 Å². The molecular weight excluding hydrogens is 380 g/mol. The molecule has 0 saturated carbocycles. The first-order valence-electron chi connectivity index (χ1n) is 10.6. The fraction of sp³-hybridized carbons (Fsp3) is 0.500. The molecule has 3 rings (SSSR count). The molecule has 8 heteroatoms. The Bertz CT molecular complexity index is 845. The molecule has 2 aromatic heterocycles. The van der Waals surface area contributed by atoms with E-state index in [-0.39, 0.29) is 12.5 Å². The van der Waals surface area contributed by atoms with Crippen molar-refractivity contribution in [3.63, 3.8) is 0 Å². The second-order valence-electron chi connectivity index (χ2n) is 6.18. The maximum Gasteiger partial charge on any atom is 0.222 e. The molecule has 168 valence electrons. The van der Waals surface area contributed by atoms with Crippen LogP contribution in [0, 0.1) is 0 Å². The third-order valence-electron chi connectivity index (χ3n) is 3.80. The number of rotatable bonds is 5. The second kappa shape index (κ2) is 13.5. The summed E-state index contributed by atoms with van der Waals surface area (Å²) in [5.41, 5.74) is 7.06. The largest absolute Gasteiger partial charge is 0.388 e. The van der Waals surface area contributed by atoms with Gasteiger partial charge in [0.1, 0.15) is 5.82 Å². The van der Waals surface area contributed by atoms with Crippen LogP contribution in [0.5, 0.6) is 0 Å². The predicted octanol–water partition coefficient (Wildman–Crippen LogP) is 4.22. The molecule has 0 aliphatic heterocycles. The van der Waals surface area contributed by atoms with Gasteiger partial charge < -0.3 is 21.3 Å². The molecule has 30 heavy (non-hydrogen) atoms. The normalized spacial score (nSPS) is 11.1. The molecule has 6 N–H and O–H groups in total. The highest BCUT2D eigenvalue weighted by molar-refractivity contribution is 5.92. The molecule has 2 heterocycles. The summed E-state index contributed by atoms with van der Waals surface area (Å²) in [6.07, 6.45) is 0.729. The van der Waals surface area contributed by atoms with Gasteiger partial charge in [-0.15, -0.1) is 0 Å². The monoisotopic (exact) mass is 418 g/mol. The first-order valence-corrected chi connectivity index (χ1v) is 10.6. The number of aliphatic hydroxyl groups excluding tert-OH is 1. The highest BCUT2D eigenvalue weighted by Crippen LogP contribution is 2.26. The van der Waals surface area contributed by atoms with Crippen LogP contribution in [0.3, 0.4) is 0 Å². The Morgan fingerprint density at radius 2 is 1.70 bits per heavy atom. The van der Waals surface area contributed by atoms with Gasteiger partial charge in [-0.3, -0.25) is 5.10 Å². The van der Waals surface area contributed by atoms with Crippen LogP contribution in [-0.4, -0.2) is 48.6 Å². The van der Waals surface area contributed by atoms with E-state index in [1.54, 1.807) is 20.0 Å². The van der Waals surface area contributed by atoms with E-state index in [0.717, 1.165) is 16.6 Å². The lowest BCUT2D eigenvalue weighted by molar-refractivity contribution is -0.0403. The van der Waals surface area contributed by atoms with E-state index < -0.39 is 11.7 Å². The highest BCUT2D eigenvalue weighted by Gasteiger charge is 2.24. The number of aromatic nitrogens is 4. The number of aromatic amines is 1. The zero-order valence-electron chi connectivity index (χ0n) is 19.5. The number of nitrogen functional groups attached to an aromatic ring is 1. The summed E-state index contributed by atoms with van der Waals surface area (Å²) in [4.78, 5) is 8.45. The van der Waals surface area contributed by atoms with Crippen molar-refractivity contribution in [2.75, 3.05) is 17.6 Å². The lowest BCUT2D eigenvalue weighted by atomic mass is 10.0. The van der Waals surface area contributed by atoms with Crippen molar-refractivity contribution >= 4 is 22.7 Å². The summed E-state index contributed by atoms with van der Waals surface area (Å²) in [5.74, 6) is 0.640. The van der Waals surface area contributed by atoms with Crippen molar-refractivity contribution in [1.82, 2.24) is 20.2 Å². The van der Waals surface area contributed by atoms with E-state index in [4.69, 9.17) is 5.73 Å². The van der Waals surface area contributed by atoms with E-state index in [1.165, 1.54) is 0 Å². The molecular formula is C22H38N6O2. The van der Waals surface area contributed by atoms with Gasteiger partial charge in [-0.1, -0.05) is 47.6 Å². The number of aliphatic hydroxyl groups is 2. The second-order valence-corrected chi connectivity index (χ2v) is 6.18. The molecule has 0 radical (unpaired) electrons. The lowest BCUT2D eigenvalue weighted by Crippen LogP contribution is -2.40. The molecule has 3 aromatic rings. The Hall–Kier alpha value is -2.71. The third-order valence-corrected chi connectivity index (χ3v) is 3.80. The van der Waals surface area contributed by atoms with Crippen LogP contribution in [0.1, 0.15) is 55.4 Å². The summed E-state index contributed by atoms with van der Waals surface area (Å²) < 4.78 is 0. The summed E-state index contributed by atoms with van der Waals surface area (Å²) >= 11 is 0. The number of benzene rings is 1. The summed E-state index contributed by atoms with van der Waals surface area (Å²) in [5, 5.41) is 30.4. The van der Waals surface area contributed by atoms with Crippen LogP contribution in [0.4, 0.5) is 11.8 Å². The third kappa shape index (κ3) is 7.61. The molecule has 0 saturated heterocycles. The number of fused-ring (bicyclic) bond motifs is 1. The number of anilines is 2. The molecule has 0 spiro atoms. The molecule has 0 bridgehead atoms. The number of hydrogen-bond acceptors (Lipinski definition) is 7. The number of nitrogens with two attached hydrogens (primary N) is 1. The molecule has 0 aliphatic carbocycles. The van der Waals surface area contributed by atoms with Crippen molar-refractivity contribution in [1.29, 1.82) is 0 Å². The highest BCUT2D eigenvalue weighted by atomic mass is 16.3. The van der Waals surface area contributed by atoms with E-state index in [1.807, 2.05) is 65.8 Å².